The number of nitro groups is 1. The molecule has 1 saturated carbocycles. The van der Waals surface area contributed by atoms with Crippen molar-refractivity contribution in [3.8, 4) is 6.07 Å². The Morgan fingerprint density at radius 1 is 1.52 bits per heavy atom. The number of aromatic amines is 1. The third kappa shape index (κ3) is 2.53. The van der Waals surface area contributed by atoms with Crippen LogP contribution in [0.2, 0.25) is 0 Å². The molecule has 0 bridgehead atoms. The van der Waals surface area contributed by atoms with Crippen molar-refractivity contribution < 1.29 is 4.92 Å². The lowest BCUT2D eigenvalue weighted by molar-refractivity contribution is -0.384. The highest BCUT2D eigenvalue weighted by Gasteiger charge is 2.29. The molecule has 9 heteroatoms. The maximum absolute atomic E-state index is 11.7. The number of H-pyrrole nitrogens is 1. The van der Waals surface area contributed by atoms with Gasteiger partial charge in [-0.2, -0.15) is 5.26 Å². The molecule has 1 fully saturated rings. The predicted molar refractivity (Wildman–Crippen MR) is 73.1 cm³/mol. The van der Waals surface area contributed by atoms with E-state index < -0.39 is 4.92 Å². The number of hydrogen-bond acceptors (Lipinski definition) is 6. The van der Waals surface area contributed by atoms with Crippen LogP contribution in [0.3, 0.4) is 0 Å². The average molecular weight is 303 g/mol. The Morgan fingerprint density at radius 2 is 2.29 bits per heavy atom. The van der Waals surface area contributed by atoms with Gasteiger partial charge in [0.15, 0.2) is 5.16 Å². The Labute approximate surface area is 122 Å². The minimum Gasteiger partial charge on any atom is -0.267 e. The third-order valence-corrected chi connectivity index (χ3v) is 4.13. The van der Waals surface area contributed by atoms with Gasteiger partial charge in [-0.3, -0.25) is 14.7 Å². The van der Waals surface area contributed by atoms with Crippen LogP contribution in [0.15, 0.2) is 33.0 Å². The van der Waals surface area contributed by atoms with Crippen molar-refractivity contribution in [2.75, 3.05) is 0 Å². The fourth-order valence-corrected chi connectivity index (χ4v) is 2.89. The summed E-state index contributed by atoms with van der Waals surface area (Å²) in [6, 6.07) is 6.13. The second kappa shape index (κ2) is 5.06. The molecule has 3 rings (SSSR count). The zero-order chi connectivity index (χ0) is 15.0. The van der Waals surface area contributed by atoms with E-state index in [2.05, 4.69) is 10.2 Å². The van der Waals surface area contributed by atoms with Crippen LogP contribution in [0.25, 0.3) is 0 Å². The number of nitrogens with zero attached hydrogens (tertiary/aromatic N) is 4. The van der Waals surface area contributed by atoms with Gasteiger partial charge in [0, 0.05) is 23.1 Å². The highest BCUT2D eigenvalue weighted by molar-refractivity contribution is 7.99. The van der Waals surface area contributed by atoms with Gasteiger partial charge in [-0.05, 0) is 30.7 Å². The van der Waals surface area contributed by atoms with Crippen LogP contribution in [-0.2, 0) is 0 Å². The third-order valence-electron chi connectivity index (χ3n) is 3.08. The van der Waals surface area contributed by atoms with Gasteiger partial charge < -0.3 is 0 Å². The topological polar surface area (TPSA) is 118 Å². The number of benzene rings is 1. The van der Waals surface area contributed by atoms with Crippen molar-refractivity contribution in [2.24, 2.45) is 0 Å². The molecule has 1 N–H and O–H groups in total. The first-order chi connectivity index (χ1) is 10.1. The summed E-state index contributed by atoms with van der Waals surface area (Å²) in [4.78, 5) is 22.4. The van der Waals surface area contributed by atoms with Crippen molar-refractivity contribution in [1.29, 1.82) is 5.26 Å². The average Bonchev–Trinajstić information content (AvgIpc) is 3.24. The molecule has 0 atom stereocenters. The van der Waals surface area contributed by atoms with E-state index in [0.717, 1.165) is 24.6 Å². The molecule has 1 aromatic carbocycles. The van der Waals surface area contributed by atoms with E-state index in [1.807, 2.05) is 6.07 Å². The zero-order valence-corrected chi connectivity index (χ0v) is 11.5. The summed E-state index contributed by atoms with van der Waals surface area (Å²) in [6.07, 6.45) is 1.86. The second-order valence-corrected chi connectivity index (χ2v) is 5.57. The van der Waals surface area contributed by atoms with Crippen LogP contribution < -0.4 is 5.69 Å². The van der Waals surface area contributed by atoms with Crippen LogP contribution in [0.1, 0.15) is 24.4 Å². The van der Waals surface area contributed by atoms with Crippen molar-refractivity contribution in [2.45, 2.75) is 28.9 Å². The lowest BCUT2D eigenvalue weighted by Gasteiger charge is -2.04. The number of aromatic nitrogens is 3. The molecule has 0 radical (unpaired) electrons. The van der Waals surface area contributed by atoms with Gasteiger partial charge in [-0.1, -0.05) is 0 Å². The first-order valence-electron chi connectivity index (χ1n) is 6.13. The van der Waals surface area contributed by atoms with E-state index in [4.69, 9.17) is 5.26 Å². The molecule has 0 spiro atoms. The molecule has 1 aromatic heterocycles. The summed E-state index contributed by atoms with van der Waals surface area (Å²) in [6.45, 7) is 0. The molecule has 0 amide bonds. The van der Waals surface area contributed by atoms with Crippen molar-refractivity contribution in [3.63, 3.8) is 0 Å². The SMILES string of the molecule is N#Cc1cc([N+](=O)[O-])ccc1Sc1n[nH]c(=O)n1C1CC1. The first-order valence-corrected chi connectivity index (χ1v) is 6.95. The molecule has 0 aliphatic heterocycles. The molecule has 2 aromatic rings. The quantitative estimate of drug-likeness (QED) is 0.680. The highest BCUT2D eigenvalue weighted by Crippen LogP contribution is 2.38. The fourth-order valence-electron chi connectivity index (χ4n) is 1.92. The van der Waals surface area contributed by atoms with Crippen LogP contribution in [-0.4, -0.2) is 19.7 Å². The number of nitrogens with one attached hydrogen (secondary N) is 1. The number of rotatable bonds is 4. The molecular formula is C12H9N5O3S. The Morgan fingerprint density at radius 3 is 2.90 bits per heavy atom. The fraction of sp³-hybridized carbons (Fsp3) is 0.250. The maximum Gasteiger partial charge on any atom is 0.344 e. The summed E-state index contributed by atoms with van der Waals surface area (Å²) in [5.41, 5.74) is -0.232. The van der Waals surface area contributed by atoms with Gasteiger partial charge in [0.1, 0.15) is 6.07 Å². The molecule has 0 saturated heterocycles. The summed E-state index contributed by atoms with van der Waals surface area (Å²) in [5.74, 6) is 0. The lowest BCUT2D eigenvalue weighted by Crippen LogP contribution is -2.16. The molecular weight excluding hydrogens is 294 g/mol. The molecule has 21 heavy (non-hydrogen) atoms. The molecule has 1 aliphatic carbocycles. The van der Waals surface area contributed by atoms with Crippen molar-refractivity contribution in [1.82, 2.24) is 14.8 Å². The number of nitro benzene ring substituents is 1. The van der Waals surface area contributed by atoms with E-state index in [0.29, 0.717) is 10.1 Å². The number of nitriles is 1. The Bertz CT molecular complexity index is 815. The molecule has 0 unspecified atom stereocenters. The van der Waals surface area contributed by atoms with E-state index in [1.54, 1.807) is 4.57 Å². The van der Waals surface area contributed by atoms with Crippen molar-refractivity contribution in [3.05, 3.63) is 44.4 Å². The minimum absolute atomic E-state index is 0.141. The molecule has 1 aliphatic rings. The van der Waals surface area contributed by atoms with Gasteiger partial charge in [0.25, 0.3) is 5.69 Å². The maximum atomic E-state index is 11.7. The van der Waals surface area contributed by atoms with Gasteiger partial charge in [0.2, 0.25) is 0 Å². The van der Waals surface area contributed by atoms with E-state index in [-0.39, 0.29) is 23.0 Å². The lowest BCUT2D eigenvalue weighted by atomic mass is 10.2. The number of hydrogen-bond donors (Lipinski definition) is 1. The standard InChI is InChI=1S/C12H9N5O3S/c13-6-7-5-9(17(19)20)3-4-10(7)21-12-15-14-11(18)16(12)8-1-2-8/h3-5,8H,1-2H2,(H,14,18). The van der Waals surface area contributed by atoms with Crippen molar-refractivity contribution >= 4 is 17.4 Å². The van der Waals surface area contributed by atoms with Gasteiger partial charge in [-0.25, -0.2) is 9.89 Å². The Kier molecular flexibility index (Phi) is 3.23. The predicted octanol–water partition coefficient (Wildman–Crippen LogP) is 1.84. The summed E-state index contributed by atoms with van der Waals surface area (Å²) in [5, 5.41) is 26.6. The highest BCUT2D eigenvalue weighted by atomic mass is 32.2. The smallest absolute Gasteiger partial charge is 0.267 e. The van der Waals surface area contributed by atoms with Gasteiger partial charge in [0.05, 0.1) is 10.5 Å². The summed E-state index contributed by atoms with van der Waals surface area (Å²) >= 11 is 1.15. The zero-order valence-electron chi connectivity index (χ0n) is 10.6. The van der Waals surface area contributed by atoms with E-state index >= 15 is 0 Å². The van der Waals surface area contributed by atoms with Crippen LogP contribution in [0, 0.1) is 21.4 Å². The van der Waals surface area contributed by atoms with E-state index in [1.165, 1.54) is 18.2 Å². The van der Waals surface area contributed by atoms with Crippen LogP contribution in [0.5, 0.6) is 0 Å². The number of non-ortho nitro benzene ring substituents is 1. The molecule has 8 nitrogen and oxygen atoms in total. The minimum atomic E-state index is -0.552. The Hall–Kier alpha value is -2.60. The summed E-state index contributed by atoms with van der Waals surface area (Å²) < 4.78 is 1.56. The second-order valence-electron chi connectivity index (χ2n) is 4.56. The van der Waals surface area contributed by atoms with Gasteiger partial charge >= 0.3 is 5.69 Å². The van der Waals surface area contributed by atoms with Gasteiger partial charge in [-0.15, -0.1) is 5.10 Å². The largest absolute Gasteiger partial charge is 0.344 e. The van der Waals surface area contributed by atoms with Crippen LogP contribution >= 0.6 is 11.8 Å². The summed E-state index contributed by atoms with van der Waals surface area (Å²) in [7, 11) is 0. The Balaban J connectivity index is 1.97. The first kappa shape index (κ1) is 13.4. The van der Waals surface area contributed by atoms with Crippen LogP contribution in [0.4, 0.5) is 5.69 Å². The normalized spacial score (nSPS) is 13.9. The monoisotopic (exact) mass is 303 g/mol. The van der Waals surface area contributed by atoms with E-state index in [9.17, 15) is 14.9 Å². The molecule has 1 heterocycles. The molecule has 106 valence electrons.